The maximum atomic E-state index is 4.49. The molecule has 0 radical (unpaired) electrons. The number of hydrogen-bond acceptors (Lipinski definition) is 4. The molecule has 0 bridgehead atoms. The molecule has 0 saturated heterocycles. The summed E-state index contributed by atoms with van der Waals surface area (Å²) >= 11 is 0. The highest BCUT2D eigenvalue weighted by Crippen LogP contribution is 2.22. The van der Waals surface area contributed by atoms with Crippen LogP contribution in [0.3, 0.4) is 0 Å². The molecule has 0 aliphatic rings. The predicted octanol–water partition coefficient (Wildman–Crippen LogP) is 2.09. The number of benzene rings is 1. The van der Waals surface area contributed by atoms with Gasteiger partial charge in [0, 0.05) is 25.9 Å². The Morgan fingerprint density at radius 2 is 1.89 bits per heavy atom. The summed E-state index contributed by atoms with van der Waals surface area (Å²) in [6, 6.07) is 9.90. The molecule has 0 spiro atoms. The third-order valence-corrected chi connectivity index (χ3v) is 2.75. The first-order valence-electron chi connectivity index (χ1n) is 5.69. The van der Waals surface area contributed by atoms with Crippen molar-refractivity contribution in [3.8, 4) is 11.4 Å². The summed E-state index contributed by atoms with van der Waals surface area (Å²) in [5.41, 5.74) is 1.76. The highest BCUT2D eigenvalue weighted by molar-refractivity contribution is 5.87. The number of nitrogens with one attached hydrogen (secondary N) is 1. The third kappa shape index (κ3) is 1.69. The van der Waals surface area contributed by atoms with Gasteiger partial charge >= 0.3 is 0 Å². The predicted molar refractivity (Wildman–Crippen MR) is 71.4 cm³/mol. The zero-order valence-electron chi connectivity index (χ0n) is 10.3. The molecular weight excluding hydrogens is 226 g/mol. The molecule has 0 unspecified atom stereocenters. The molecule has 5 nitrogen and oxygen atoms in total. The van der Waals surface area contributed by atoms with Gasteiger partial charge in [-0.25, -0.2) is 9.97 Å². The maximum Gasteiger partial charge on any atom is 0.161 e. The third-order valence-electron chi connectivity index (χ3n) is 2.75. The van der Waals surface area contributed by atoms with Crippen LogP contribution in [-0.2, 0) is 0 Å². The lowest BCUT2D eigenvalue weighted by molar-refractivity contribution is 1.02. The van der Waals surface area contributed by atoms with Crippen molar-refractivity contribution in [2.75, 3.05) is 19.0 Å². The van der Waals surface area contributed by atoms with Crippen LogP contribution < -0.4 is 4.90 Å². The Hall–Kier alpha value is -2.43. The first-order chi connectivity index (χ1) is 8.75. The van der Waals surface area contributed by atoms with Crippen LogP contribution in [0.1, 0.15) is 0 Å². The van der Waals surface area contributed by atoms with Crippen LogP contribution in [0, 0.1) is 0 Å². The highest BCUT2D eigenvalue weighted by atomic mass is 15.3. The number of aromatic nitrogens is 4. The molecule has 0 amide bonds. The monoisotopic (exact) mass is 239 g/mol. The van der Waals surface area contributed by atoms with Gasteiger partial charge in [0.1, 0.15) is 0 Å². The van der Waals surface area contributed by atoms with E-state index in [1.165, 1.54) is 0 Å². The van der Waals surface area contributed by atoms with Crippen molar-refractivity contribution >= 4 is 16.9 Å². The summed E-state index contributed by atoms with van der Waals surface area (Å²) in [6.07, 6.45) is 1.81. The smallest absolute Gasteiger partial charge is 0.161 e. The standard InChI is InChI=1S/C13H13N5/c1-18(2)13-10-8-14-11(15-12(10)16-17-13)9-6-4-3-5-7-9/h3-8H,1-2H3,(H,14,15,16,17). The average Bonchev–Trinajstić information content (AvgIpc) is 2.82. The van der Waals surface area contributed by atoms with Crippen molar-refractivity contribution in [2.45, 2.75) is 0 Å². The molecule has 0 atom stereocenters. The van der Waals surface area contributed by atoms with E-state index in [-0.39, 0.29) is 0 Å². The lowest BCUT2D eigenvalue weighted by Crippen LogP contribution is -2.09. The van der Waals surface area contributed by atoms with E-state index in [2.05, 4.69) is 20.2 Å². The number of anilines is 1. The van der Waals surface area contributed by atoms with Gasteiger partial charge in [0.05, 0.1) is 5.39 Å². The van der Waals surface area contributed by atoms with Gasteiger partial charge in [-0.2, -0.15) is 5.10 Å². The van der Waals surface area contributed by atoms with Gasteiger partial charge in [0.15, 0.2) is 17.3 Å². The molecule has 0 fully saturated rings. The molecular formula is C13H13N5. The molecule has 0 aliphatic carbocycles. The Kier molecular flexibility index (Phi) is 2.44. The SMILES string of the molecule is CN(C)c1n[nH]c2nc(-c3ccccc3)ncc12. The summed E-state index contributed by atoms with van der Waals surface area (Å²) in [7, 11) is 3.89. The van der Waals surface area contributed by atoms with Gasteiger partial charge in [0.25, 0.3) is 0 Å². The Morgan fingerprint density at radius 3 is 2.61 bits per heavy atom. The van der Waals surface area contributed by atoms with Crippen molar-refractivity contribution in [1.29, 1.82) is 0 Å². The molecule has 5 heteroatoms. The number of rotatable bonds is 2. The minimum Gasteiger partial charge on any atom is -0.361 e. The summed E-state index contributed by atoms with van der Waals surface area (Å²) in [6.45, 7) is 0. The largest absolute Gasteiger partial charge is 0.361 e. The van der Waals surface area contributed by atoms with Gasteiger partial charge in [-0.15, -0.1) is 0 Å². The summed E-state index contributed by atoms with van der Waals surface area (Å²) in [5, 5.41) is 8.10. The molecule has 18 heavy (non-hydrogen) atoms. The van der Waals surface area contributed by atoms with Gasteiger partial charge in [0.2, 0.25) is 0 Å². The van der Waals surface area contributed by atoms with E-state index < -0.39 is 0 Å². The zero-order valence-corrected chi connectivity index (χ0v) is 10.3. The summed E-state index contributed by atoms with van der Waals surface area (Å²) in [5.74, 6) is 1.56. The van der Waals surface area contributed by atoms with Gasteiger partial charge in [-0.05, 0) is 0 Å². The minimum atomic E-state index is 0.706. The van der Waals surface area contributed by atoms with E-state index in [1.54, 1.807) is 0 Å². The van der Waals surface area contributed by atoms with Crippen LogP contribution >= 0.6 is 0 Å². The second kappa shape index (κ2) is 4.10. The van der Waals surface area contributed by atoms with Crippen LogP contribution in [-0.4, -0.2) is 34.3 Å². The number of aromatic amines is 1. The normalized spacial score (nSPS) is 10.8. The Morgan fingerprint density at radius 1 is 1.11 bits per heavy atom. The van der Waals surface area contributed by atoms with Gasteiger partial charge in [-0.1, -0.05) is 30.3 Å². The quantitative estimate of drug-likeness (QED) is 0.744. The average molecular weight is 239 g/mol. The minimum absolute atomic E-state index is 0.706. The lowest BCUT2D eigenvalue weighted by atomic mass is 10.2. The van der Waals surface area contributed by atoms with Crippen molar-refractivity contribution < 1.29 is 0 Å². The van der Waals surface area contributed by atoms with E-state index in [0.29, 0.717) is 5.82 Å². The number of H-pyrrole nitrogens is 1. The number of nitrogens with zero attached hydrogens (tertiary/aromatic N) is 4. The van der Waals surface area contributed by atoms with Crippen molar-refractivity contribution in [3.05, 3.63) is 36.5 Å². The van der Waals surface area contributed by atoms with Crippen LogP contribution in [0.5, 0.6) is 0 Å². The Bertz CT molecular complexity index is 672. The molecule has 3 rings (SSSR count). The summed E-state index contributed by atoms with van der Waals surface area (Å²) < 4.78 is 0. The Balaban J connectivity index is 2.13. The second-order valence-electron chi connectivity index (χ2n) is 4.26. The van der Waals surface area contributed by atoms with Crippen LogP contribution in [0.25, 0.3) is 22.4 Å². The Labute approximate surface area is 104 Å². The molecule has 3 aromatic rings. The van der Waals surface area contributed by atoms with Crippen molar-refractivity contribution in [1.82, 2.24) is 20.2 Å². The fraction of sp³-hybridized carbons (Fsp3) is 0.154. The zero-order chi connectivity index (χ0) is 12.5. The van der Waals surface area contributed by atoms with Crippen LogP contribution in [0.2, 0.25) is 0 Å². The molecule has 2 aromatic heterocycles. The van der Waals surface area contributed by atoms with Crippen molar-refractivity contribution in [3.63, 3.8) is 0 Å². The van der Waals surface area contributed by atoms with Crippen LogP contribution in [0.15, 0.2) is 36.5 Å². The molecule has 2 heterocycles. The van der Waals surface area contributed by atoms with E-state index in [1.807, 2.05) is 55.5 Å². The molecule has 1 aromatic carbocycles. The second-order valence-corrected chi connectivity index (χ2v) is 4.26. The highest BCUT2D eigenvalue weighted by Gasteiger charge is 2.10. The van der Waals surface area contributed by atoms with Gasteiger partial charge in [-0.3, -0.25) is 5.10 Å². The van der Waals surface area contributed by atoms with E-state index in [9.17, 15) is 0 Å². The topological polar surface area (TPSA) is 57.7 Å². The maximum absolute atomic E-state index is 4.49. The molecule has 1 N–H and O–H groups in total. The lowest BCUT2D eigenvalue weighted by Gasteiger charge is -2.07. The van der Waals surface area contributed by atoms with E-state index >= 15 is 0 Å². The summed E-state index contributed by atoms with van der Waals surface area (Å²) in [4.78, 5) is 10.8. The first kappa shape index (κ1) is 10.7. The number of fused-ring (bicyclic) bond motifs is 1. The van der Waals surface area contributed by atoms with E-state index in [4.69, 9.17) is 0 Å². The number of hydrogen-bond donors (Lipinski definition) is 1. The van der Waals surface area contributed by atoms with Gasteiger partial charge < -0.3 is 4.90 Å². The van der Waals surface area contributed by atoms with Crippen LogP contribution in [0.4, 0.5) is 5.82 Å². The fourth-order valence-corrected chi connectivity index (χ4v) is 1.86. The first-order valence-corrected chi connectivity index (χ1v) is 5.69. The fourth-order valence-electron chi connectivity index (χ4n) is 1.86. The van der Waals surface area contributed by atoms with E-state index in [0.717, 1.165) is 22.4 Å². The van der Waals surface area contributed by atoms with Crippen molar-refractivity contribution in [2.24, 2.45) is 0 Å². The molecule has 0 aliphatic heterocycles. The molecule has 0 saturated carbocycles. The molecule has 90 valence electrons.